The SMILES string of the molecule is Clc1cncnc1-n1nc(C2CC2)cc1C1CC1. The monoisotopic (exact) mass is 260 g/mol. The molecule has 0 spiro atoms. The van der Waals surface area contributed by atoms with Crippen molar-refractivity contribution in [3.05, 3.63) is 35.0 Å². The van der Waals surface area contributed by atoms with Crippen molar-refractivity contribution in [2.75, 3.05) is 0 Å². The smallest absolute Gasteiger partial charge is 0.175 e. The van der Waals surface area contributed by atoms with Crippen molar-refractivity contribution in [2.24, 2.45) is 0 Å². The third-order valence-electron chi connectivity index (χ3n) is 3.60. The molecule has 0 aliphatic heterocycles. The first kappa shape index (κ1) is 10.5. The highest BCUT2D eigenvalue weighted by Crippen LogP contribution is 2.45. The fraction of sp³-hybridized carbons (Fsp3) is 0.462. The van der Waals surface area contributed by atoms with Crippen molar-refractivity contribution in [1.29, 1.82) is 0 Å². The lowest BCUT2D eigenvalue weighted by Gasteiger charge is -2.06. The molecule has 5 heteroatoms. The second-order valence-electron chi connectivity index (χ2n) is 5.15. The van der Waals surface area contributed by atoms with Gasteiger partial charge in [0, 0.05) is 17.5 Å². The molecule has 4 rings (SSSR count). The molecule has 2 aliphatic rings. The summed E-state index contributed by atoms with van der Waals surface area (Å²) >= 11 is 6.17. The van der Waals surface area contributed by atoms with E-state index < -0.39 is 0 Å². The van der Waals surface area contributed by atoms with Crippen molar-refractivity contribution < 1.29 is 0 Å². The minimum atomic E-state index is 0.560. The summed E-state index contributed by atoms with van der Waals surface area (Å²) in [6, 6.07) is 2.24. The molecule has 2 fully saturated rings. The fourth-order valence-electron chi connectivity index (χ4n) is 2.29. The van der Waals surface area contributed by atoms with Crippen LogP contribution in [0.2, 0.25) is 5.02 Å². The maximum Gasteiger partial charge on any atom is 0.175 e. The summed E-state index contributed by atoms with van der Waals surface area (Å²) < 4.78 is 1.93. The Morgan fingerprint density at radius 1 is 1.17 bits per heavy atom. The summed E-state index contributed by atoms with van der Waals surface area (Å²) in [7, 11) is 0. The normalized spacial score (nSPS) is 19.2. The molecular weight excluding hydrogens is 248 g/mol. The Morgan fingerprint density at radius 3 is 2.61 bits per heavy atom. The maximum absolute atomic E-state index is 6.17. The zero-order valence-corrected chi connectivity index (χ0v) is 10.6. The van der Waals surface area contributed by atoms with Crippen molar-refractivity contribution in [1.82, 2.24) is 19.7 Å². The van der Waals surface area contributed by atoms with E-state index in [1.54, 1.807) is 6.20 Å². The van der Waals surface area contributed by atoms with Crippen LogP contribution in [-0.2, 0) is 0 Å². The minimum Gasteiger partial charge on any atom is -0.243 e. The van der Waals surface area contributed by atoms with Gasteiger partial charge in [-0.3, -0.25) is 0 Å². The first-order valence-corrected chi connectivity index (χ1v) is 6.76. The van der Waals surface area contributed by atoms with Gasteiger partial charge in [-0.25, -0.2) is 14.6 Å². The van der Waals surface area contributed by atoms with Crippen LogP contribution < -0.4 is 0 Å². The predicted molar refractivity (Wildman–Crippen MR) is 68.1 cm³/mol. The van der Waals surface area contributed by atoms with Gasteiger partial charge in [-0.05, 0) is 31.7 Å². The van der Waals surface area contributed by atoms with E-state index in [0.717, 1.165) is 0 Å². The molecule has 0 bridgehead atoms. The number of hydrogen-bond acceptors (Lipinski definition) is 3. The average Bonchev–Trinajstić information content (AvgIpc) is 3.28. The highest BCUT2D eigenvalue weighted by atomic mass is 35.5. The summed E-state index contributed by atoms with van der Waals surface area (Å²) in [5, 5.41) is 5.27. The quantitative estimate of drug-likeness (QED) is 0.852. The number of rotatable bonds is 3. The Bertz CT molecular complexity index is 599. The summed E-state index contributed by atoms with van der Waals surface area (Å²) in [5.41, 5.74) is 2.46. The molecule has 18 heavy (non-hydrogen) atoms. The molecule has 0 aromatic carbocycles. The van der Waals surface area contributed by atoms with E-state index >= 15 is 0 Å². The van der Waals surface area contributed by atoms with E-state index in [4.69, 9.17) is 16.7 Å². The van der Waals surface area contributed by atoms with Crippen LogP contribution >= 0.6 is 11.6 Å². The highest BCUT2D eigenvalue weighted by Gasteiger charge is 2.33. The zero-order chi connectivity index (χ0) is 12.1. The summed E-state index contributed by atoms with van der Waals surface area (Å²) in [4.78, 5) is 8.20. The van der Waals surface area contributed by atoms with Gasteiger partial charge in [0.15, 0.2) is 5.82 Å². The van der Waals surface area contributed by atoms with E-state index in [9.17, 15) is 0 Å². The summed E-state index contributed by atoms with van der Waals surface area (Å²) in [6.07, 6.45) is 8.17. The maximum atomic E-state index is 6.17. The fourth-order valence-corrected chi connectivity index (χ4v) is 2.48. The Labute approximate surface area is 110 Å². The van der Waals surface area contributed by atoms with Crippen LogP contribution in [-0.4, -0.2) is 19.7 Å². The van der Waals surface area contributed by atoms with Gasteiger partial charge in [-0.2, -0.15) is 5.10 Å². The molecule has 2 aromatic heterocycles. The molecule has 0 N–H and O–H groups in total. The topological polar surface area (TPSA) is 43.6 Å². The van der Waals surface area contributed by atoms with E-state index in [-0.39, 0.29) is 0 Å². The van der Waals surface area contributed by atoms with E-state index in [1.807, 2.05) is 4.68 Å². The lowest BCUT2D eigenvalue weighted by Crippen LogP contribution is -2.05. The third kappa shape index (κ3) is 1.72. The standard InChI is InChI=1S/C13H13ClN4/c14-10-6-15-7-16-13(10)18-12(9-3-4-9)5-11(17-18)8-1-2-8/h5-9H,1-4H2. The first-order chi connectivity index (χ1) is 8.83. The van der Waals surface area contributed by atoms with Gasteiger partial charge in [-0.1, -0.05) is 11.6 Å². The van der Waals surface area contributed by atoms with Gasteiger partial charge in [0.2, 0.25) is 0 Å². The van der Waals surface area contributed by atoms with Crippen LogP contribution in [0.5, 0.6) is 0 Å². The minimum absolute atomic E-state index is 0.560. The molecule has 0 saturated heterocycles. The molecule has 4 nitrogen and oxygen atoms in total. The van der Waals surface area contributed by atoms with Crippen molar-refractivity contribution >= 4 is 11.6 Å². The summed E-state index contributed by atoms with van der Waals surface area (Å²) in [5.74, 6) is 2.00. The van der Waals surface area contributed by atoms with Crippen molar-refractivity contribution in [2.45, 2.75) is 37.5 Å². The molecular formula is C13H13ClN4. The average molecular weight is 261 g/mol. The number of aromatic nitrogens is 4. The third-order valence-corrected chi connectivity index (χ3v) is 3.86. The summed E-state index contributed by atoms with van der Waals surface area (Å²) in [6.45, 7) is 0. The predicted octanol–water partition coefficient (Wildman–Crippen LogP) is 3.07. The highest BCUT2D eigenvalue weighted by molar-refractivity contribution is 6.32. The molecule has 0 radical (unpaired) electrons. The molecule has 0 atom stereocenters. The lowest BCUT2D eigenvalue weighted by molar-refractivity contribution is 0.763. The lowest BCUT2D eigenvalue weighted by atomic mass is 10.2. The zero-order valence-electron chi connectivity index (χ0n) is 9.88. The largest absolute Gasteiger partial charge is 0.243 e. The Balaban J connectivity index is 1.85. The van der Waals surface area contributed by atoms with Crippen molar-refractivity contribution in [3.8, 4) is 5.82 Å². The Kier molecular flexibility index (Phi) is 2.21. The van der Waals surface area contributed by atoms with Crippen LogP contribution in [0.15, 0.2) is 18.6 Å². The number of halogens is 1. The van der Waals surface area contributed by atoms with Crippen LogP contribution in [0.25, 0.3) is 5.82 Å². The van der Waals surface area contributed by atoms with Gasteiger partial charge in [-0.15, -0.1) is 0 Å². The molecule has 2 saturated carbocycles. The van der Waals surface area contributed by atoms with E-state index in [1.165, 1.54) is 43.4 Å². The van der Waals surface area contributed by atoms with Gasteiger partial charge < -0.3 is 0 Å². The molecule has 92 valence electrons. The van der Waals surface area contributed by atoms with Crippen LogP contribution in [0.3, 0.4) is 0 Å². The molecule has 2 heterocycles. The molecule has 0 unspecified atom stereocenters. The second-order valence-corrected chi connectivity index (χ2v) is 5.56. The Morgan fingerprint density at radius 2 is 1.94 bits per heavy atom. The van der Waals surface area contributed by atoms with Gasteiger partial charge in [0.25, 0.3) is 0 Å². The number of hydrogen-bond donors (Lipinski definition) is 0. The van der Waals surface area contributed by atoms with Crippen LogP contribution in [0.1, 0.15) is 48.9 Å². The second kappa shape index (κ2) is 3.79. The molecule has 0 amide bonds. The van der Waals surface area contributed by atoms with Crippen LogP contribution in [0.4, 0.5) is 0 Å². The molecule has 2 aromatic rings. The van der Waals surface area contributed by atoms with Crippen LogP contribution in [0, 0.1) is 0 Å². The Hall–Kier alpha value is -1.42. The molecule has 2 aliphatic carbocycles. The van der Waals surface area contributed by atoms with Gasteiger partial charge >= 0.3 is 0 Å². The van der Waals surface area contributed by atoms with Crippen molar-refractivity contribution in [3.63, 3.8) is 0 Å². The van der Waals surface area contributed by atoms with Gasteiger partial charge in [0.1, 0.15) is 11.3 Å². The van der Waals surface area contributed by atoms with E-state index in [2.05, 4.69) is 16.0 Å². The number of nitrogens with zero attached hydrogens (tertiary/aromatic N) is 4. The van der Waals surface area contributed by atoms with E-state index in [0.29, 0.717) is 22.7 Å². The first-order valence-electron chi connectivity index (χ1n) is 6.38. The van der Waals surface area contributed by atoms with Gasteiger partial charge in [0.05, 0.1) is 11.9 Å².